The number of aromatic amines is 1. The molecule has 1 aromatic carbocycles. The zero-order chi connectivity index (χ0) is 14.8. The minimum absolute atomic E-state index is 0.150. The second-order valence-electron chi connectivity index (χ2n) is 4.53. The molecular weight excluding hydrogens is 271 g/mol. The fourth-order valence-electron chi connectivity index (χ4n) is 1.94. The molecule has 0 saturated carbocycles. The van der Waals surface area contributed by atoms with Crippen LogP contribution in [0.4, 0.5) is 21.8 Å². The van der Waals surface area contributed by atoms with E-state index in [1.807, 2.05) is 13.0 Å². The summed E-state index contributed by atoms with van der Waals surface area (Å²) in [5.74, 6) is 0.818. The zero-order valence-electron chi connectivity index (χ0n) is 11.3. The lowest BCUT2D eigenvalue weighted by Gasteiger charge is -2.07. The Morgan fingerprint density at radius 3 is 2.71 bits per heavy atom. The number of H-pyrrole nitrogens is 1. The molecular formula is C14H13FN6. The van der Waals surface area contributed by atoms with Crippen molar-refractivity contribution < 1.29 is 4.39 Å². The van der Waals surface area contributed by atoms with Gasteiger partial charge in [0.15, 0.2) is 17.5 Å². The van der Waals surface area contributed by atoms with Gasteiger partial charge in [-0.3, -0.25) is 5.10 Å². The maximum atomic E-state index is 13.8. The van der Waals surface area contributed by atoms with Crippen LogP contribution in [0.3, 0.4) is 0 Å². The molecule has 0 amide bonds. The summed E-state index contributed by atoms with van der Waals surface area (Å²) in [7, 11) is 0. The summed E-state index contributed by atoms with van der Waals surface area (Å²) in [6, 6.07) is 8.12. The van der Waals surface area contributed by atoms with Gasteiger partial charge in [-0.1, -0.05) is 12.1 Å². The summed E-state index contributed by atoms with van der Waals surface area (Å²) in [5, 5.41) is 9.81. The van der Waals surface area contributed by atoms with Gasteiger partial charge in [0.1, 0.15) is 11.5 Å². The first-order valence-corrected chi connectivity index (χ1v) is 6.30. The maximum Gasteiger partial charge on any atom is 0.153 e. The predicted molar refractivity (Wildman–Crippen MR) is 78.4 cm³/mol. The Balaban J connectivity index is 1.91. The number of benzene rings is 1. The molecule has 0 saturated heterocycles. The van der Waals surface area contributed by atoms with Crippen molar-refractivity contribution in [1.82, 2.24) is 20.2 Å². The van der Waals surface area contributed by atoms with Gasteiger partial charge in [-0.2, -0.15) is 5.10 Å². The molecule has 21 heavy (non-hydrogen) atoms. The van der Waals surface area contributed by atoms with E-state index in [9.17, 15) is 4.39 Å². The highest BCUT2D eigenvalue weighted by Gasteiger charge is 2.11. The minimum atomic E-state index is -0.387. The monoisotopic (exact) mass is 284 g/mol. The lowest BCUT2D eigenvalue weighted by Crippen LogP contribution is -2.02. The summed E-state index contributed by atoms with van der Waals surface area (Å²) in [6.45, 7) is 1.89. The van der Waals surface area contributed by atoms with E-state index in [1.165, 1.54) is 12.3 Å². The molecule has 0 aliphatic heterocycles. The van der Waals surface area contributed by atoms with Gasteiger partial charge < -0.3 is 11.1 Å². The quantitative estimate of drug-likeness (QED) is 0.687. The minimum Gasteiger partial charge on any atom is -0.382 e. The van der Waals surface area contributed by atoms with Crippen molar-refractivity contribution in [3.8, 4) is 11.3 Å². The van der Waals surface area contributed by atoms with Gasteiger partial charge in [0.05, 0.1) is 6.20 Å². The molecule has 0 aliphatic carbocycles. The van der Waals surface area contributed by atoms with Gasteiger partial charge in [0.25, 0.3) is 0 Å². The summed E-state index contributed by atoms with van der Waals surface area (Å²) >= 11 is 0. The highest BCUT2D eigenvalue weighted by Crippen LogP contribution is 2.26. The van der Waals surface area contributed by atoms with Gasteiger partial charge in [-0.15, -0.1) is 0 Å². The highest BCUT2D eigenvalue weighted by atomic mass is 19.1. The van der Waals surface area contributed by atoms with Gasteiger partial charge in [-0.25, -0.2) is 14.4 Å². The third-order valence-corrected chi connectivity index (χ3v) is 2.89. The summed E-state index contributed by atoms with van der Waals surface area (Å²) in [5.41, 5.74) is 7.43. The smallest absolute Gasteiger partial charge is 0.153 e. The normalized spacial score (nSPS) is 10.6. The zero-order valence-corrected chi connectivity index (χ0v) is 11.3. The predicted octanol–water partition coefficient (Wildman–Crippen LogP) is 2.64. The average Bonchev–Trinajstić information content (AvgIpc) is 2.85. The molecule has 3 aromatic rings. The molecule has 0 aliphatic rings. The summed E-state index contributed by atoms with van der Waals surface area (Å²) in [6.07, 6.45) is 1.49. The van der Waals surface area contributed by atoms with E-state index in [0.717, 1.165) is 5.69 Å². The average molecular weight is 284 g/mol. The van der Waals surface area contributed by atoms with Crippen molar-refractivity contribution in [2.75, 3.05) is 11.1 Å². The van der Waals surface area contributed by atoms with Crippen LogP contribution in [-0.2, 0) is 0 Å². The van der Waals surface area contributed by atoms with Crippen LogP contribution in [0.15, 0.2) is 36.5 Å². The van der Waals surface area contributed by atoms with E-state index in [2.05, 4.69) is 25.5 Å². The maximum absolute atomic E-state index is 13.8. The molecule has 0 unspecified atom stereocenters. The second kappa shape index (κ2) is 5.20. The number of rotatable bonds is 3. The number of hydrogen-bond donors (Lipinski definition) is 3. The number of nitrogens with two attached hydrogens (primary N) is 1. The number of nitrogens with one attached hydrogen (secondary N) is 2. The van der Waals surface area contributed by atoms with Gasteiger partial charge in [-0.05, 0) is 19.1 Å². The summed E-state index contributed by atoms with van der Waals surface area (Å²) < 4.78 is 13.8. The highest BCUT2D eigenvalue weighted by molar-refractivity contribution is 5.71. The molecule has 0 bridgehead atoms. The van der Waals surface area contributed by atoms with Crippen LogP contribution in [0, 0.1) is 12.7 Å². The van der Waals surface area contributed by atoms with Gasteiger partial charge in [0, 0.05) is 17.3 Å². The number of anilines is 3. The molecule has 6 nitrogen and oxygen atoms in total. The van der Waals surface area contributed by atoms with Crippen molar-refractivity contribution in [2.45, 2.75) is 6.92 Å². The molecule has 106 valence electrons. The standard InChI is InChI=1S/C14H13FN6/c1-8-6-11(21-20-8)18-12-7-17-13(14(16)19-12)9-4-2-3-5-10(9)15/h2-7H,1H3,(H4,16,18,19,20,21). The van der Waals surface area contributed by atoms with Gasteiger partial charge >= 0.3 is 0 Å². The fraction of sp³-hybridized carbons (Fsp3) is 0.0714. The number of nitrogens with zero attached hydrogens (tertiary/aromatic N) is 3. The molecule has 0 fully saturated rings. The Hall–Kier alpha value is -2.96. The fourth-order valence-corrected chi connectivity index (χ4v) is 1.94. The Morgan fingerprint density at radius 1 is 1.24 bits per heavy atom. The Morgan fingerprint density at radius 2 is 2.05 bits per heavy atom. The molecule has 0 atom stereocenters. The van der Waals surface area contributed by atoms with E-state index in [-0.39, 0.29) is 11.6 Å². The van der Waals surface area contributed by atoms with Crippen molar-refractivity contribution in [3.63, 3.8) is 0 Å². The van der Waals surface area contributed by atoms with Crippen LogP contribution in [0.5, 0.6) is 0 Å². The molecule has 0 spiro atoms. The topological polar surface area (TPSA) is 92.5 Å². The second-order valence-corrected chi connectivity index (χ2v) is 4.53. The Bertz CT molecular complexity index is 783. The summed E-state index contributed by atoms with van der Waals surface area (Å²) in [4.78, 5) is 8.36. The van der Waals surface area contributed by atoms with Crippen LogP contribution >= 0.6 is 0 Å². The molecule has 3 rings (SSSR count). The van der Waals surface area contributed by atoms with E-state index < -0.39 is 0 Å². The van der Waals surface area contributed by atoms with E-state index in [1.54, 1.807) is 18.2 Å². The molecule has 4 N–H and O–H groups in total. The number of nitrogen functional groups attached to an aromatic ring is 1. The number of hydrogen-bond acceptors (Lipinski definition) is 5. The third kappa shape index (κ3) is 2.66. The van der Waals surface area contributed by atoms with Crippen molar-refractivity contribution >= 4 is 17.5 Å². The molecule has 2 aromatic heterocycles. The van der Waals surface area contributed by atoms with Crippen LogP contribution < -0.4 is 11.1 Å². The first-order chi connectivity index (χ1) is 10.1. The van der Waals surface area contributed by atoms with E-state index >= 15 is 0 Å². The van der Waals surface area contributed by atoms with Crippen molar-refractivity contribution in [1.29, 1.82) is 0 Å². The van der Waals surface area contributed by atoms with E-state index in [0.29, 0.717) is 22.9 Å². The number of halogens is 1. The number of aromatic nitrogens is 4. The van der Waals surface area contributed by atoms with Crippen molar-refractivity contribution in [3.05, 3.63) is 48.0 Å². The number of aryl methyl sites for hydroxylation is 1. The Kier molecular flexibility index (Phi) is 3.23. The largest absolute Gasteiger partial charge is 0.382 e. The third-order valence-electron chi connectivity index (χ3n) is 2.89. The molecule has 7 heteroatoms. The van der Waals surface area contributed by atoms with Crippen LogP contribution in [-0.4, -0.2) is 20.2 Å². The Labute approximate surface area is 120 Å². The van der Waals surface area contributed by atoms with Gasteiger partial charge in [0.2, 0.25) is 0 Å². The van der Waals surface area contributed by atoms with Crippen LogP contribution in [0.1, 0.15) is 5.69 Å². The molecule has 0 radical (unpaired) electrons. The SMILES string of the molecule is Cc1cc(Nc2cnc(-c3ccccc3F)c(N)n2)n[nH]1. The van der Waals surface area contributed by atoms with Crippen LogP contribution in [0.2, 0.25) is 0 Å². The molecule has 2 heterocycles. The first kappa shape index (κ1) is 13.0. The van der Waals surface area contributed by atoms with E-state index in [4.69, 9.17) is 5.73 Å². The van der Waals surface area contributed by atoms with Crippen LogP contribution in [0.25, 0.3) is 11.3 Å². The lowest BCUT2D eigenvalue weighted by molar-refractivity contribution is 0.630. The lowest BCUT2D eigenvalue weighted by atomic mass is 10.1. The first-order valence-electron chi connectivity index (χ1n) is 6.30. The van der Waals surface area contributed by atoms with Crippen molar-refractivity contribution in [2.24, 2.45) is 0 Å².